The molecule has 7 heteroatoms. The summed E-state index contributed by atoms with van der Waals surface area (Å²) in [5.41, 5.74) is 2.06. The van der Waals surface area contributed by atoms with Gasteiger partial charge in [-0.3, -0.25) is 0 Å². The second-order valence-corrected chi connectivity index (χ2v) is 7.60. The predicted molar refractivity (Wildman–Crippen MR) is 110 cm³/mol. The standard InChI is InChI=1S/C18H25N5S2/c1-25-12-6-10-19-18(24)20-15-8-5-7-14(13-15)17-22-21-16-9-3-2-4-11-23(16)17/h5,7-8,13H,2-4,6,9-12H2,1H3,(H2,19,20,24). The molecule has 3 rings (SSSR count). The Hall–Kier alpha value is -1.60. The highest BCUT2D eigenvalue weighted by molar-refractivity contribution is 7.98. The second-order valence-electron chi connectivity index (χ2n) is 6.21. The lowest BCUT2D eigenvalue weighted by molar-refractivity contribution is 0.636. The van der Waals surface area contributed by atoms with Gasteiger partial charge in [0.05, 0.1) is 0 Å². The molecule has 2 N–H and O–H groups in total. The fourth-order valence-corrected chi connectivity index (χ4v) is 3.68. The molecule has 0 amide bonds. The van der Waals surface area contributed by atoms with Crippen LogP contribution in [0, 0.1) is 0 Å². The van der Waals surface area contributed by atoms with Crippen molar-refractivity contribution in [3.63, 3.8) is 0 Å². The maximum atomic E-state index is 5.38. The van der Waals surface area contributed by atoms with Gasteiger partial charge in [-0.2, -0.15) is 11.8 Å². The summed E-state index contributed by atoms with van der Waals surface area (Å²) in [6.45, 7) is 1.90. The number of aromatic nitrogens is 3. The summed E-state index contributed by atoms with van der Waals surface area (Å²) in [6.07, 6.45) is 7.91. The van der Waals surface area contributed by atoms with Crippen molar-refractivity contribution in [2.75, 3.05) is 23.9 Å². The Balaban J connectivity index is 1.68. The fourth-order valence-electron chi connectivity index (χ4n) is 3.03. The van der Waals surface area contributed by atoms with Crippen molar-refractivity contribution < 1.29 is 0 Å². The van der Waals surface area contributed by atoms with Crippen molar-refractivity contribution in [2.45, 2.75) is 38.6 Å². The van der Waals surface area contributed by atoms with Gasteiger partial charge in [0.1, 0.15) is 5.82 Å². The summed E-state index contributed by atoms with van der Waals surface area (Å²) in [4.78, 5) is 0. The number of benzene rings is 1. The molecule has 1 aromatic carbocycles. The Kier molecular flexibility index (Phi) is 6.69. The van der Waals surface area contributed by atoms with E-state index in [1.807, 2.05) is 23.9 Å². The van der Waals surface area contributed by atoms with E-state index in [9.17, 15) is 0 Å². The number of hydrogen-bond donors (Lipinski definition) is 2. The molecule has 0 saturated carbocycles. The SMILES string of the molecule is CSCCCNC(=S)Nc1cccc(-c2nnc3n2CCCCC3)c1. The van der Waals surface area contributed by atoms with Crippen molar-refractivity contribution >= 4 is 34.8 Å². The second kappa shape index (κ2) is 9.20. The number of thiocarbonyl (C=S) groups is 1. The molecule has 0 spiro atoms. The van der Waals surface area contributed by atoms with E-state index in [-0.39, 0.29) is 0 Å². The van der Waals surface area contributed by atoms with Gasteiger partial charge in [-0.1, -0.05) is 18.6 Å². The highest BCUT2D eigenvalue weighted by atomic mass is 32.2. The average molecular weight is 376 g/mol. The number of thioether (sulfide) groups is 1. The maximum absolute atomic E-state index is 5.38. The zero-order valence-corrected chi connectivity index (χ0v) is 16.3. The van der Waals surface area contributed by atoms with E-state index in [2.05, 4.69) is 43.8 Å². The molecular formula is C18H25N5S2. The molecular weight excluding hydrogens is 350 g/mol. The van der Waals surface area contributed by atoms with Crippen LogP contribution in [0.1, 0.15) is 31.5 Å². The van der Waals surface area contributed by atoms with Gasteiger partial charge in [0, 0.05) is 30.8 Å². The maximum Gasteiger partial charge on any atom is 0.170 e. The van der Waals surface area contributed by atoms with Gasteiger partial charge in [-0.15, -0.1) is 10.2 Å². The smallest absolute Gasteiger partial charge is 0.170 e. The average Bonchev–Trinajstić information content (AvgIpc) is 2.87. The number of anilines is 1. The van der Waals surface area contributed by atoms with Crippen LogP contribution in [-0.4, -0.2) is 38.4 Å². The van der Waals surface area contributed by atoms with Crippen LogP contribution in [0.15, 0.2) is 24.3 Å². The van der Waals surface area contributed by atoms with E-state index in [0.717, 1.165) is 54.6 Å². The molecule has 0 aliphatic carbocycles. The molecule has 0 unspecified atom stereocenters. The number of hydrogen-bond acceptors (Lipinski definition) is 4. The predicted octanol–water partition coefficient (Wildman–Crippen LogP) is 3.71. The summed E-state index contributed by atoms with van der Waals surface area (Å²) in [5.74, 6) is 3.21. The lowest BCUT2D eigenvalue weighted by Gasteiger charge is -2.12. The zero-order chi connectivity index (χ0) is 17.5. The fraction of sp³-hybridized carbons (Fsp3) is 0.500. The van der Waals surface area contributed by atoms with Crippen molar-refractivity contribution in [3.8, 4) is 11.4 Å². The van der Waals surface area contributed by atoms with Crippen molar-refractivity contribution in [2.24, 2.45) is 0 Å². The minimum Gasteiger partial charge on any atom is -0.362 e. The van der Waals surface area contributed by atoms with E-state index >= 15 is 0 Å². The summed E-state index contributed by atoms with van der Waals surface area (Å²) < 4.78 is 2.27. The highest BCUT2D eigenvalue weighted by Gasteiger charge is 2.16. The first-order chi connectivity index (χ1) is 12.3. The summed E-state index contributed by atoms with van der Waals surface area (Å²) in [6, 6.07) is 8.24. The van der Waals surface area contributed by atoms with Gasteiger partial charge in [-0.05, 0) is 55.6 Å². The van der Waals surface area contributed by atoms with Gasteiger partial charge in [0.2, 0.25) is 0 Å². The van der Waals surface area contributed by atoms with Gasteiger partial charge in [0.15, 0.2) is 10.9 Å². The molecule has 0 bridgehead atoms. The van der Waals surface area contributed by atoms with Crippen LogP contribution in [0.5, 0.6) is 0 Å². The molecule has 5 nitrogen and oxygen atoms in total. The molecule has 1 aliphatic heterocycles. The molecule has 0 fully saturated rings. The molecule has 2 aromatic rings. The molecule has 0 radical (unpaired) electrons. The summed E-state index contributed by atoms with van der Waals surface area (Å²) in [5, 5.41) is 16.0. The van der Waals surface area contributed by atoms with E-state index in [1.165, 1.54) is 19.3 Å². The highest BCUT2D eigenvalue weighted by Crippen LogP contribution is 2.24. The first-order valence-corrected chi connectivity index (χ1v) is 10.6. The van der Waals surface area contributed by atoms with Crippen LogP contribution in [0.2, 0.25) is 0 Å². The Labute approximate surface area is 159 Å². The molecule has 1 aromatic heterocycles. The molecule has 1 aliphatic rings. The van der Waals surface area contributed by atoms with E-state index in [1.54, 1.807) is 0 Å². The largest absolute Gasteiger partial charge is 0.362 e. The Morgan fingerprint density at radius 1 is 1.28 bits per heavy atom. The number of nitrogens with one attached hydrogen (secondary N) is 2. The van der Waals surface area contributed by atoms with E-state index in [4.69, 9.17) is 12.2 Å². The zero-order valence-electron chi connectivity index (χ0n) is 14.6. The minimum absolute atomic E-state index is 0.665. The van der Waals surface area contributed by atoms with Crippen LogP contribution < -0.4 is 10.6 Å². The van der Waals surface area contributed by atoms with Crippen molar-refractivity contribution in [1.82, 2.24) is 20.1 Å². The molecule has 2 heterocycles. The Morgan fingerprint density at radius 2 is 2.20 bits per heavy atom. The minimum atomic E-state index is 0.665. The number of nitrogens with zero attached hydrogens (tertiary/aromatic N) is 3. The van der Waals surface area contributed by atoms with Crippen LogP contribution in [0.3, 0.4) is 0 Å². The third-order valence-electron chi connectivity index (χ3n) is 4.30. The first-order valence-electron chi connectivity index (χ1n) is 8.84. The first kappa shape index (κ1) is 18.2. The number of rotatable bonds is 6. The van der Waals surface area contributed by atoms with Gasteiger partial charge < -0.3 is 15.2 Å². The Bertz CT molecular complexity index is 713. The molecule has 25 heavy (non-hydrogen) atoms. The summed E-state index contributed by atoms with van der Waals surface area (Å²) in [7, 11) is 0. The molecule has 0 atom stereocenters. The monoisotopic (exact) mass is 375 g/mol. The van der Waals surface area contributed by atoms with Gasteiger partial charge >= 0.3 is 0 Å². The van der Waals surface area contributed by atoms with E-state index in [0.29, 0.717) is 5.11 Å². The van der Waals surface area contributed by atoms with Crippen molar-refractivity contribution in [1.29, 1.82) is 0 Å². The van der Waals surface area contributed by atoms with Crippen LogP contribution >= 0.6 is 24.0 Å². The van der Waals surface area contributed by atoms with Crippen LogP contribution in [0.4, 0.5) is 5.69 Å². The third kappa shape index (κ3) is 4.95. The Morgan fingerprint density at radius 3 is 3.08 bits per heavy atom. The summed E-state index contributed by atoms with van der Waals surface area (Å²) >= 11 is 7.23. The lowest BCUT2D eigenvalue weighted by Crippen LogP contribution is -2.29. The lowest BCUT2D eigenvalue weighted by atomic mass is 10.2. The topological polar surface area (TPSA) is 54.8 Å². The normalized spacial score (nSPS) is 13.8. The number of aryl methyl sites for hydroxylation is 1. The third-order valence-corrected chi connectivity index (χ3v) is 5.24. The van der Waals surface area contributed by atoms with Crippen molar-refractivity contribution in [3.05, 3.63) is 30.1 Å². The van der Waals surface area contributed by atoms with Gasteiger partial charge in [0.25, 0.3) is 0 Å². The van der Waals surface area contributed by atoms with Crippen LogP contribution in [0.25, 0.3) is 11.4 Å². The molecule has 134 valence electrons. The van der Waals surface area contributed by atoms with E-state index < -0.39 is 0 Å². The quantitative estimate of drug-likeness (QED) is 0.593. The molecule has 0 saturated heterocycles. The number of fused-ring (bicyclic) bond motifs is 1. The van der Waals surface area contributed by atoms with Crippen LogP contribution in [-0.2, 0) is 13.0 Å². The van der Waals surface area contributed by atoms with Gasteiger partial charge in [-0.25, -0.2) is 0 Å².